The van der Waals surface area contributed by atoms with Crippen LogP contribution in [0, 0.1) is 13.8 Å². The second kappa shape index (κ2) is 8.73. The molecule has 9 nitrogen and oxygen atoms in total. The van der Waals surface area contributed by atoms with Gasteiger partial charge in [0.15, 0.2) is 17.3 Å². The predicted octanol–water partition coefficient (Wildman–Crippen LogP) is 2.73. The first-order chi connectivity index (χ1) is 16.0. The lowest BCUT2D eigenvalue weighted by Gasteiger charge is -2.30. The number of ether oxygens (including phenoxy) is 2. The maximum atomic E-state index is 12.9. The van der Waals surface area contributed by atoms with Gasteiger partial charge in [0.05, 0.1) is 17.3 Å². The molecule has 2 aliphatic rings. The van der Waals surface area contributed by atoms with Crippen molar-refractivity contribution >= 4 is 5.91 Å². The minimum absolute atomic E-state index is 0.0104. The first-order valence-corrected chi connectivity index (χ1v) is 11.3. The minimum Gasteiger partial charge on any atom is -0.486 e. The number of para-hydroxylation sites is 1. The van der Waals surface area contributed by atoms with Gasteiger partial charge in [-0.15, -0.1) is 5.10 Å². The van der Waals surface area contributed by atoms with E-state index in [0.29, 0.717) is 36.1 Å². The highest BCUT2D eigenvalue weighted by atomic mass is 16.6. The number of carbonyl (C=O) groups excluding carboxylic acids is 1. The molecule has 9 heteroatoms. The van der Waals surface area contributed by atoms with Crippen LogP contribution < -0.4 is 20.3 Å². The van der Waals surface area contributed by atoms with Gasteiger partial charge in [0.2, 0.25) is 0 Å². The quantitative estimate of drug-likeness (QED) is 0.657. The number of amides is 1. The Balaban J connectivity index is 1.26. The number of aromatic nitrogens is 4. The van der Waals surface area contributed by atoms with Crippen LogP contribution in [0.15, 0.2) is 41.2 Å². The third-order valence-corrected chi connectivity index (χ3v) is 6.23. The van der Waals surface area contributed by atoms with Gasteiger partial charge in [-0.05, 0) is 63.8 Å². The van der Waals surface area contributed by atoms with Gasteiger partial charge >= 0.3 is 0 Å². The molecule has 0 bridgehead atoms. The summed E-state index contributed by atoms with van der Waals surface area (Å²) in [5.41, 5.74) is 2.24. The Hall–Kier alpha value is -3.62. The van der Waals surface area contributed by atoms with E-state index in [-0.39, 0.29) is 23.6 Å². The topological polar surface area (TPSA) is 100 Å². The number of hydrogen-bond donors (Lipinski definition) is 1. The summed E-state index contributed by atoms with van der Waals surface area (Å²) >= 11 is 0. The van der Waals surface area contributed by atoms with Crippen molar-refractivity contribution in [2.75, 3.05) is 13.2 Å². The number of fused-ring (bicyclic) bond motifs is 1. The van der Waals surface area contributed by atoms with Crippen molar-refractivity contribution in [1.29, 1.82) is 0 Å². The Morgan fingerprint density at radius 2 is 1.82 bits per heavy atom. The summed E-state index contributed by atoms with van der Waals surface area (Å²) < 4.78 is 14.6. The van der Waals surface area contributed by atoms with E-state index in [4.69, 9.17) is 9.47 Å². The normalized spacial score (nSPS) is 19.8. The predicted molar refractivity (Wildman–Crippen MR) is 121 cm³/mol. The van der Waals surface area contributed by atoms with Crippen molar-refractivity contribution in [1.82, 2.24) is 24.9 Å². The Bertz CT molecular complexity index is 1240. The number of nitrogens with one attached hydrogen (secondary N) is 1. The molecule has 3 aromatic rings. The fraction of sp³-hybridized carbons (Fsp3) is 0.417. The number of rotatable bonds is 4. The molecule has 2 aromatic heterocycles. The maximum absolute atomic E-state index is 12.9. The van der Waals surface area contributed by atoms with E-state index in [1.165, 1.54) is 0 Å². The van der Waals surface area contributed by atoms with E-state index in [0.717, 1.165) is 37.1 Å². The molecular formula is C24H27N5O4. The summed E-state index contributed by atoms with van der Waals surface area (Å²) in [4.78, 5) is 25.5. The van der Waals surface area contributed by atoms with E-state index in [1.807, 2.05) is 19.9 Å². The molecule has 1 fully saturated rings. The van der Waals surface area contributed by atoms with Crippen molar-refractivity contribution in [3.63, 3.8) is 0 Å². The Morgan fingerprint density at radius 1 is 1.03 bits per heavy atom. The van der Waals surface area contributed by atoms with Gasteiger partial charge in [-0.1, -0.05) is 6.07 Å². The molecular weight excluding hydrogens is 422 g/mol. The van der Waals surface area contributed by atoms with Crippen molar-refractivity contribution < 1.29 is 14.3 Å². The van der Waals surface area contributed by atoms with Gasteiger partial charge in [0, 0.05) is 17.8 Å². The van der Waals surface area contributed by atoms with Gasteiger partial charge in [-0.25, -0.2) is 9.36 Å². The second-order valence-corrected chi connectivity index (χ2v) is 8.62. The zero-order valence-corrected chi connectivity index (χ0v) is 18.8. The lowest BCUT2D eigenvalue weighted by atomic mass is 9.91. The summed E-state index contributed by atoms with van der Waals surface area (Å²) in [6.07, 6.45) is 3.04. The van der Waals surface area contributed by atoms with E-state index in [1.54, 1.807) is 39.7 Å². The van der Waals surface area contributed by atoms with Gasteiger partial charge in [-0.3, -0.25) is 9.59 Å². The van der Waals surface area contributed by atoms with Crippen LogP contribution in [0.1, 0.15) is 53.5 Å². The summed E-state index contributed by atoms with van der Waals surface area (Å²) in [5, 5.41) is 12.2. The SMILES string of the molecule is Cc1cc(C)n(-c2ccc(=O)n(C3CCC(NC(=O)c4cccc5c4OCCO5)CC3)n2)n1. The molecule has 0 atom stereocenters. The molecule has 1 aromatic carbocycles. The second-order valence-electron chi connectivity index (χ2n) is 8.62. The monoisotopic (exact) mass is 449 g/mol. The smallest absolute Gasteiger partial charge is 0.267 e. The van der Waals surface area contributed by atoms with Crippen molar-refractivity contribution in [2.45, 2.75) is 51.6 Å². The minimum atomic E-state index is -0.164. The molecule has 1 saturated carbocycles. The number of nitrogens with zero attached hydrogens (tertiary/aromatic N) is 4. The lowest BCUT2D eigenvalue weighted by Crippen LogP contribution is -2.40. The van der Waals surface area contributed by atoms with Crippen LogP contribution in [-0.2, 0) is 0 Å². The lowest BCUT2D eigenvalue weighted by molar-refractivity contribution is 0.0910. The summed E-state index contributed by atoms with van der Waals surface area (Å²) in [5.74, 6) is 1.58. The van der Waals surface area contributed by atoms with Crippen molar-refractivity contribution in [2.24, 2.45) is 0 Å². The van der Waals surface area contributed by atoms with Crippen molar-refractivity contribution in [3.05, 3.63) is 63.7 Å². The fourth-order valence-corrected chi connectivity index (χ4v) is 4.63. The fourth-order valence-electron chi connectivity index (χ4n) is 4.63. The van der Waals surface area contributed by atoms with Crippen LogP contribution in [0.5, 0.6) is 11.5 Å². The molecule has 1 aliphatic carbocycles. The molecule has 0 radical (unpaired) electrons. The number of carbonyl (C=O) groups is 1. The highest BCUT2D eigenvalue weighted by molar-refractivity contribution is 5.98. The Kier molecular flexibility index (Phi) is 5.62. The van der Waals surface area contributed by atoms with Gasteiger partial charge in [-0.2, -0.15) is 5.10 Å². The maximum Gasteiger partial charge on any atom is 0.267 e. The molecule has 1 N–H and O–H groups in total. The molecule has 33 heavy (non-hydrogen) atoms. The molecule has 0 unspecified atom stereocenters. The summed E-state index contributed by atoms with van der Waals surface area (Å²) in [7, 11) is 0. The third kappa shape index (κ3) is 4.22. The number of benzene rings is 1. The molecule has 0 saturated heterocycles. The van der Waals surface area contributed by atoms with E-state index in [2.05, 4.69) is 15.5 Å². The zero-order chi connectivity index (χ0) is 22.9. The van der Waals surface area contributed by atoms with Gasteiger partial charge in [0.25, 0.3) is 11.5 Å². The van der Waals surface area contributed by atoms with E-state index in [9.17, 15) is 9.59 Å². The van der Waals surface area contributed by atoms with Crippen LogP contribution in [0.3, 0.4) is 0 Å². The average molecular weight is 450 g/mol. The average Bonchev–Trinajstić information content (AvgIpc) is 3.17. The first-order valence-electron chi connectivity index (χ1n) is 11.3. The van der Waals surface area contributed by atoms with Gasteiger partial charge in [0.1, 0.15) is 13.2 Å². The van der Waals surface area contributed by atoms with E-state index < -0.39 is 0 Å². The molecule has 172 valence electrons. The zero-order valence-electron chi connectivity index (χ0n) is 18.8. The van der Waals surface area contributed by atoms with Gasteiger partial charge < -0.3 is 14.8 Å². The first kappa shape index (κ1) is 21.2. The highest BCUT2D eigenvalue weighted by Gasteiger charge is 2.27. The van der Waals surface area contributed by atoms with Crippen molar-refractivity contribution in [3.8, 4) is 17.3 Å². The Labute approximate surface area is 191 Å². The van der Waals surface area contributed by atoms with Crippen LogP contribution in [0.25, 0.3) is 5.82 Å². The summed E-state index contributed by atoms with van der Waals surface area (Å²) in [6, 6.07) is 10.6. The third-order valence-electron chi connectivity index (χ3n) is 6.23. The van der Waals surface area contributed by atoms with Crippen LogP contribution in [0.2, 0.25) is 0 Å². The molecule has 1 amide bonds. The standard InChI is InChI=1S/C24H27N5O4/c1-15-14-16(2)28(26-15)21-10-11-22(30)29(27-21)18-8-6-17(7-9-18)25-24(31)19-4-3-5-20-23(19)33-13-12-32-20/h3-5,10-11,14,17-18H,6-9,12-13H2,1-2H3,(H,25,31). The number of hydrogen-bond acceptors (Lipinski definition) is 6. The van der Waals surface area contributed by atoms with Crippen LogP contribution in [-0.4, -0.2) is 44.7 Å². The largest absolute Gasteiger partial charge is 0.486 e. The van der Waals surface area contributed by atoms with E-state index >= 15 is 0 Å². The van der Waals surface area contributed by atoms with Crippen LogP contribution >= 0.6 is 0 Å². The molecule has 3 heterocycles. The molecule has 5 rings (SSSR count). The summed E-state index contributed by atoms with van der Waals surface area (Å²) in [6.45, 7) is 4.81. The Morgan fingerprint density at radius 3 is 2.58 bits per heavy atom. The highest BCUT2D eigenvalue weighted by Crippen LogP contribution is 2.34. The molecule has 1 aliphatic heterocycles. The van der Waals surface area contributed by atoms with Crippen LogP contribution in [0.4, 0.5) is 0 Å². The molecule has 0 spiro atoms. The number of aryl methyl sites for hydroxylation is 2.